The van der Waals surface area contributed by atoms with Gasteiger partial charge in [-0.2, -0.15) is 0 Å². The Kier molecular flexibility index (Phi) is 13.0. The van der Waals surface area contributed by atoms with Crippen molar-refractivity contribution < 1.29 is 0 Å². The molecule has 14 rings (SSSR count). The van der Waals surface area contributed by atoms with Crippen molar-refractivity contribution in [3.05, 3.63) is 331 Å². The van der Waals surface area contributed by atoms with Crippen molar-refractivity contribution in [3.63, 3.8) is 0 Å². The molecule has 1 heterocycles. The van der Waals surface area contributed by atoms with Gasteiger partial charge in [-0.15, -0.1) is 0 Å². The van der Waals surface area contributed by atoms with Crippen molar-refractivity contribution in [1.82, 2.24) is 0 Å². The predicted molar refractivity (Wildman–Crippen MR) is 337 cm³/mol. The summed E-state index contributed by atoms with van der Waals surface area (Å²) in [5, 5.41) is 4.94. The summed E-state index contributed by atoms with van der Waals surface area (Å²) in [5.74, 6) is 0. The molecule has 0 saturated carbocycles. The molecule has 79 heavy (non-hydrogen) atoms. The number of rotatable bonds is 11. The van der Waals surface area contributed by atoms with Crippen LogP contribution in [0.1, 0.15) is 55.4 Å². The van der Waals surface area contributed by atoms with E-state index in [9.17, 15) is 0 Å². The van der Waals surface area contributed by atoms with E-state index in [1.807, 2.05) is 19.9 Å². The van der Waals surface area contributed by atoms with Gasteiger partial charge in [0, 0.05) is 50.5 Å². The maximum Gasteiger partial charge on any atom is 0.0715 e. The summed E-state index contributed by atoms with van der Waals surface area (Å²) in [6.45, 7) is 8.11. The first-order chi connectivity index (χ1) is 39.2. The van der Waals surface area contributed by atoms with Crippen LogP contribution in [-0.2, 0) is 5.41 Å². The van der Waals surface area contributed by atoms with Crippen LogP contribution in [0.25, 0.3) is 43.8 Å². The van der Waals surface area contributed by atoms with Crippen LogP contribution in [0, 0.1) is 0 Å². The molecule has 10 aromatic rings. The van der Waals surface area contributed by atoms with Crippen molar-refractivity contribution in [2.75, 3.05) is 14.7 Å². The molecule has 3 aliphatic carbocycles. The smallest absolute Gasteiger partial charge is 0.0715 e. The normalized spacial score (nSPS) is 15.0. The number of fused-ring (bicyclic) bond motifs is 7. The Balaban J connectivity index is 0.00000293. The molecule has 0 spiro atoms. The third-order valence-electron chi connectivity index (χ3n) is 16.1. The van der Waals surface area contributed by atoms with Crippen LogP contribution in [-0.4, -0.2) is 0 Å². The van der Waals surface area contributed by atoms with E-state index in [0.29, 0.717) is 0 Å². The molecule has 0 bridgehead atoms. The molecular formula is C76H61N3. The maximum atomic E-state index is 4.11. The number of anilines is 7. The van der Waals surface area contributed by atoms with E-state index < -0.39 is 5.41 Å². The lowest BCUT2D eigenvalue weighted by molar-refractivity contribution is 0.769. The van der Waals surface area contributed by atoms with E-state index in [0.717, 1.165) is 53.4 Å². The summed E-state index contributed by atoms with van der Waals surface area (Å²) < 4.78 is 0. The first-order valence-corrected chi connectivity index (χ1v) is 27.9. The van der Waals surface area contributed by atoms with Crippen molar-refractivity contribution in [2.45, 2.75) is 38.5 Å². The molecule has 0 saturated heterocycles. The van der Waals surface area contributed by atoms with Gasteiger partial charge in [0.2, 0.25) is 0 Å². The minimum absolute atomic E-state index is 0.711. The van der Waals surface area contributed by atoms with Gasteiger partial charge in [-0.3, -0.25) is 0 Å². The summed E-state index contributed by atoms with van der Waals surface area (Å²) >= 11 is 0. The molecule has 0 atom stereocenters. The van der Waals surface area contributed by atoms with Gasteiger partial charge in [-0.1, -0.05) is 227 Å². The molecule has 3 nitrogen and oxygen atoms in total. The number of hydrogen-bond donors (Lipinski definition) is 0. The SMILES string of the molecule is C=C/C=C\C(=C1\C=CC=CC1)N(c1ccccc1)c1ccc2c(c1)C(c1ccccc1)(c1ccccc1)c1cc3c4c(cccc4c1-2)-c1cc(N(C2=CC=CCC2)c2cccc4ccccc24)ccc1N3c1ccccc1.CC. The lowest BCUT2D eigenvalue weighted by atomic mass is 9.67. The number of benzene rings is 10. The third kappa shape index (κ3) is 8.20. The molecule has 0 aromatic heterocycles. The average molecular weight is 1020 g/mol. The lowest BCUT2D eigenvalue weighted by Crippen LogP contribution is -2.29. The second kappa shape index (κ2) is 21.0. The number of para-hydroxylation sites is 2. The highest BCUT2D eigenvalue weighted by atomic mass is 15.2. The predicted octanol–water partition coefficient (Wildman–Crippen LogP) is 20.9. The van der Waals surface area contributed by atoms with Crippen LogP contribution < -0.4 is 14.7 Å². The van der Waals surface area contributed by atoms with Gasteiger partial charge in [-0.25, -0.2) is 0 Å². The largest absolute Gasteiger partial charge is 0.314 e. The van der Waals surface area contributed by atoms with Gasteiger partial charge in [0.05, 0.1) is 22.5 Å². The highest BCUT2D eigenvalue weighted by Gasteiger charge is 2.48. The average Bonchev–Trinajstić information content (AvgIpc) is 2.20. The molecule has 380 valence electrons. The molecule has 4 aliphatic rings. The van der Waals surface area contributed by atoms with E-state index in [2.05, 4.69) is 300 Å². The monoisotopic (exact) mass is 1020 g/mol. The molecule has 3 heteroatoms. The van der Waals surface area contributed by atoms with Crippen LogP contribution in [0.5, 0.6) is 0 Å². The standard InChI is InChI=1S/C74H55N3.C2H6/c1-2-3-43-68(53-27-10-4-11-28-53)75(56-34-16-7-17-35-56)60-45-47-63-66(50-60)74(54-30-12-5-13-31-54,55-32-14-6-15-33-55)67-51-71-73-62(41-25-42-64(73)72(63)67)65-49-59(46-48-70(65)77(71)58-38-20-9-21-39-58)76(57-36-18-8-19-37-57)69-44-24-29-52-26-22-23-40-61(52)69;1-2/h2-18,20-27,29-36,38-51H,1,19,28,37H2;1-2H3/b43-3-,68-53+;. The first-order valence-electron chi connectivity index (χ1n) is 27.9. The fourth-order valence-electron chi connectivity index (χ4n) is 12.8. The Morgan fingerprint density at radius 3 is 1.95 bits per heavy atom. The second-order valence-corrected chi connectivity index (χ2v) is 20.3. The van der Waals surface area contributed by atoms with Crippen LogP contribution >= 0.6 is 0 Å². The van der Waals surface area contributed by atoms with Crippen molar-refractivity contribution >= 4 is 61.4 Å². The fraction of sp³-hybridized carbons (Fsp3) is 0.0789. The maximum absolute atomic E-state index is 4.11. The van der Waals surface area contributed by atoms with E-state index in [1.165, 1.54) is 88.7 Å². The first kappa shape index (κ1) is 48.9. The number of allylic oxidation sites excluding steroid dienone is 12. The van der Waals surface area contributed by atoms with Crippen LogP contribution in [0.4, 0.5) is 39.8 Å². The number of nitrogens with zero attached hydrogens (tertiary/aromatic N) is 3. The molecule has 0 fully saturated rings. The third-order valence-corrected chi connectivity index (χ3v) is 16.1. The van der Waals surface area contributed by atoms with Crippen LogP contribution in [0.3, 0.4) is 0 Å². The minimum Gasteiger partial charge on any atom is -0.314 e. The van der Waals surface area contributed by atoms with Gasteiger partial charge in [-0.05, 0) is 153 Å². The van der Waals surface area contributed by atoms with Gasteiger partial charge in [0.15, 0.2) is 0 Å². The Hall–Kier alpha value is -9.70. The van der Waals surface area contributed by atoms with E-state index in [4.69, 9.17) is 0 Å². The van der Waals surface area contributed by atoms with Crippen molar-refractivity contribution in [1.29, 1.82) is 0 Å². The van der Waals surface area contributed by atoms with E-state index >= 15 is 0 Å². The van der Waals surface area contributed by atoms with Gasteiger partial charge in [0.1, 0.15) is 0 Å². The highest BCUT2D eigenvalue weighted by molar-refractivity contribution is 6.20. The number of hydrogen-bond acceptors (Lipinski definition) is 3. The van der Waals surface area contributed by atoms with Gasteiger partial charge < -0.3 is 14.7 Å². The van der Waals surface area contributed by atoms with Crippen LogP contribution in [0.15, 0.2) is 309 Å². The zero-order valence-corrected chi connectivity index (χ0v) is 44.8. The Morgan fingerprint density at radius 2 is 1.23 bits per heavy atom. The quantitative estimate of drug-likeness (QED) is 0.120. The molecule has 10 aromatic carbocycles. The van der Waals surface area contributed by atoms with E-state index in [1.54, 1.807) is 0 Å². The Morgan fingerprint density at radius 1 is 0.544 bits per heavy atom. The van der Waals surface area contributed by atoms with Gasteiger partial charge in [0.25, 0.3) is 0 Å². The molecule has 1 aliphatic heterocycles. The van der Waals surface area contributed by atoms with Crippen molar-refractivity contribution in [3.8, 4) is 22.3 Å². The second-order valence-electron chi connectivity index (χ2n) is 20.3. The molecule has 0 amide bonds. The summed E-state index contributed by atoms with van der Waals surface area (Å²) in [4.78, 5) is 7.47. The minimum atomic E-state index is -0.711. The zero-order valence-electron chi connectivity index (χ0n) is 44.8. The summed E-state index contributed by atoms with van der Waals surface area (Å²) in [7, 11) is 0. The van der Waals surface area contributed by atoms with Crippen LogP contribution in [0.2, 0.25) is 0 Å². The molecule has 0 unspecified atom stereocenters. The Labute approximate surface area is 465 Å². The molecular weight excluding hydrogens is 955 g/mol. The highest BCUT2D eigenvalue weighted by Crippen LogP contribution is 2.63. The Bertz CT molecular complexity index is 4090. The molecule has 0 radical (unpaired) electrons. The summed E-state index contributed by atoms with van der Waals surface area (Å²) in [6, 6.07) is 83.7. The van der Waals surface area contributed by atoms with Crippen molar-refractivity contribution in [2.24, 2.45) is 0 Å². The fourth-order valence-corrected chi connectivity index (χ4v) is 12.8. The summed E-state index contributed by atoms with van der Waals surface area (Å²) in [6.07, 6.45) is 24.5. The summed E-state index contributed by atoms with van der Waals surface area (Å²) in [5.41, 5.74) is 20.7. The zero-order chi connectivity index (χ0) is 53.3. The lowest BCUT2D eigenvalue weighted by Gasteiger charge is -2.38. The topological polar surface area (TPSA) is 9.72 Å². The van der Waals surface area contributed by atoms with Gasteiger partial charge >= 0.3 is 0 Å². The van der Waals surface area contributed by atoms with E-state index in [-0.39, 0.29) is 0 Å². The molecule has 0 N–H and O–H groups in total.